The largest absolute Gasteiger partial charge is 0.0654 e. The van der Waals surface area contributed by atoms with Crippen molar-refractivity contribution in [2.24, 2.45) is 0 Å². The normalized spacial score (nSPS) is 11.2. The minimum atomic E-state index is 0.725. The third kappa shape index (κ3) is 4.79. The molecule has 0 aliphatic rings. The smallest absolute Gasteiger partial charge is 0.00194 e. The number of aryl methyl sites for hydroxylation is 1. The molecule has 122 valence electrons. The van der Waals surface area contributed by atoms with Gasteiger partial charge in [0.25, 0.3) is 0 Å². The van der Waals surface area contributed by atoms with Crippen LogP contribution >= 0.6 is 8.58 Å². The molecule has 0 N–H and O–H groups in total. The molecule has 0 amide bonds. The average Bonchev–Trinajstić information content (AvgIpc) is 2.64. The first-order valence-corrected chi connectivity index (χ1v) is 9.83. The molecule has 0 bridgehead atoms. The van der Waals surface area contributed by atoms with Crippen LogP contribution in [0.15, 0.2) is 78.9 Å². The van der Waals surface area contributed by atoms with Gasteiger partial charge in [0.2, 0.25) is 0 Å². The molecule has 0 saturated carbocycles. The predicted octanol–water partition coefficient (Wildman–Crippen LogP) is 5.25. The van der Waals surface area contributed by atoms with Crippen LogP contribution in [0.2, 0.25) is 0 Å². The van der Waals surface area contributed by atoms with Gasteiger partial charge in [-0.25, -0.2) is 0 Å². The molecule has 1 atom stereocenters. The van der Waals surface area contributed by atoms with Gasteiger partial charge in [0, 0.05) is 0 Å². The van der Waals surface area contributed by atoms with E-state index in [2.05, 4.69) is 85.8 Å². The molecule has 3 aromatic carbocycles. The van der Waals surface area contributed by atoms with E-state index in [1.54, 1.807) is 0 Å². The summed E-state index contributed by atoms with van der Waals surface area (Å²) in [4.78, 5) is 0. The number of hydrogen-bond acceptors (Lipinski definition) is 0. The zero-order valence-corrected chi connectivity index (χ0v) is 15.3. The van der Waals surface area contributed by atoms with Gasteiger partial charge in [-0.2, -0.15) is 0 Å². The van der Waals surface area contributed by atoms with Gasteiger partial charge in [0.15, 0.2) is 0 Å². The van der Waals surface area contributed by atoms with Crippen molar-refractivity contribution in [1.29, 1.82) is 0 Å². The van der Waals surface area contributed by atoms with Gasteiger partial charge in [-0.15, -0.1) is 0 Å². The van der Waals surface area contributed by atoms with E-state index in [1.807, 2.05) is 0 Å². The van der Waals surface area contributed by atoms with Crippen LogP contribution in [0.25, 0.3) is 0 Å². The Morgan fingerprint density at radius 2 is 1.38 bits per heavy atom. The lowest BCUT2D eigenvalue weighted by Gasteiger charge is -2.10. The molecule has 0 aromatic heterocycles. The summed E-state index contributed by atoms with van der Waals surface area (Å²) in [6.07, 6.45) is 4.75. The first-order chi connectivity index (χ1) is 11.8. The Bertz CT molecular complexity index is 745. The topological polar surface area (TPSA) is 0 Å². The molecule has 0 aliphatic carbocycles. The number of rotatable bonds is 7. The predicted molar refractivity (Wildman–Crippen MR) is 108 cm³/mol. The van der Waals surface area contributed by atoms with E-state index in [-0.39, 0.29) is 0 Å². The fraction of sp³-hybridized carbons (Fsp3) is 0.217. The van der Waals surface area contributed by atoms with Gasteiger partial charge in [0.05, 0.1) is 0 Å². The summed E-state index contributed by atoms with van der Waals surface area (Å²) in [6, 6.07) is 28.8. The second-order valence-electron chi connectivity index (χ2n) is 6.24. The molecule has 24 heavy (non-hydrogen) atoms. The highest BCUT2D eigenvalue weighted by Gasteiger charge is 2.04. The molecule has 0 radical (unpaired) electrons. The van der Waals surface area contributed by atoms with E-state index >= 15 is 0 Å². The molecule has 0 fully saturated rings. The summed E-state index contributed by atoms with van der Waals surface area (Å²) in [5, 5.41) is 2.86. The Labute approximate surface area is 147 Å². The van der Waals surface area contributed by atoms with Crippen LogP contribution in [0, 0.1) is 0 Å². The van der Waals surface area contributed by atoms with Crippen molar-refractivity contribution >= 4 is 19.2 Å². The second-order valence-corrected chi connectivity index (χ2v) is 7.61. The maximum absolute atomic E-state index is 2.30. The SMILES string of the molecule is CCCCc1ccc(Cc2ccccc2Pc2ccccc2)cc1. The third-order valence-corrected chi connectivity index (χ3v) is 5.69. The molecular formula is C23H25P. The van der Waals surface area contributed by atoms with Crippen LogP contribution in [0.5, 0.6) is 0 Å². The summed E-state index contributed by atoms with van der Waals surface area (Å²) in [6.45, 7) is 2.25. The van der Waals surface area contributed by atoms with Gasteiger partial charge < -0.3 is 0 Å². The Balaban J connectivity index is 1.73. The van der Waals surface area contributed by atoms with Crippen LogP contribution in [0.1, 0.15) is 36.5 Å². The van der Waals surface area contributed by atoms with Crippen molar-refractivity contribution in [2.45, 2.75) is 32.6 Å². The van der Waals surface area contributed by atoms with Crippen molar-refractivity contribution in [3.63, 3.8) is 0 Å². The maximum atomic E-state index is 2.30. The van der Waals surface area contributed by atoms with Crippen LogP contribution in [0.3, 0.4) is 0 Å². The highest BCUT2D eigenvalue weighted by molar-refractivity contribution is 7.55. The molecule has 0 saturated heterocycles. The van der Waals surface area contributed by atoms with E-state index in [0.29, 0.717) is 0 Å². The van der Waals surface area contributed by atoms with Gasteiger partial charge in [0.1, 0.15) is 0 Å². The Morgan fingerprint density at radius 1 is 0.708 bits per heavy atom. The Morgan fingerprint density at radius 3 is 2.12 bits per heavy atom. The fourth-order valence-corrected chi connectivity index (χ4v) is 4.08. The van der Waals surface area contributed by atoms with Crippen LogP contribution < -0.4 is 10.6 Å². The van der Waals surface area contributed by atoms with Crippen LogP contribution in [0.4, 0.5) is 0 Å². The van der Waals surface area contributed by atoms with Gasteiger partial charge in [-0.1, -0.05) is 101 Å². The lowest BCUT2D eigenvalue weighted by molar-refractivity contribution is 0.795. The molecule has 1 heteroatoms. The molecular weight excluding hydrogens is 307 g/mol. The summed E-state index contributed by atoms with van der Waals surface area (Å²) < 4.78 is 0. The molecule has 0 aliphatic heterocycles. The Hall–Kier alpha value is -1.91. The second kappa shape index (κ2) is 8.81. The third-order valence-electron chi connectivity index (χ3n) is 4.31. The minimum absolute atomic E-state index is 0.725. The van der Waals surface area contributed by atoms with Crippen molar-refractivity contribution in [2.75, 3.05) is 0 Å². The molecule has 3 aromatic rings. The van der Waals surface area contributed by atoms with E-state index < -0.39 is 0 Å². The summed E-state index contributed by atoms with van der Waals surface area (Å²) in [5.41, 5.74) is 4.31. The van der Waals surface area contributed by atoms with E-state index in [1.165, 1.54) is 46.6 Å². The molecule has 3 rings (SSSR count). The van der Waals surface area contributed by atoms with Crippen molar-refractivity contribution in [3.8, 4) is 0 Å². The zero-order chi connectivity index (χ0) is 16.6. The van der Waals surface area contributed by atoms with Crippen molar-refractivity contribution < 1.29 is 0 Å². The lowest BCUT2D eigenvalue weighted by atomic mass is 10.0. The zero-order valence-electron chi connectivity index (χ0n) is 14.3. The molecule has 1 unspecified atom stereocenters. The van der Waals surface area contributed by atoms with Gasteiger partial charge in [-0.3, -0.25) is 0 Å². The van der Waals surface area contributed by atoms with Crippen LogP contribution in [-0.4, -0.2) is 0 Å². The summed E-state index contributed by atoms with van der Waals surface area (Å²) in [5.74, 6) is 0. The fourth-order valence-electron chi connectivity index (χ4n) is 2.90. The summed E-state index contributed by atoms with van der Waals surface area (Å²) in [7, 11) is 0.725. The molecule has 0 spiro atoms. The summed E-state index contributed by atoms with van der Waals surface area (Å²) >= 11 is 0. The van der Waals surface area contributed by atoms with E-state index in [0.717, 1.165) is 15.0 Å². The minimum Gasteiger partial charge on any atom is -0.0654 e. The van der Waals surface area contributed by atoms with E-state index in [9.17, 15) is 0 Å². The van der Waals surface area contributed by atoms with Gasteiger partial charge >= 0.3 is 0 Å². The highest BCUT2D eigenvalue weighted by Crippen LogP contribution is 2.17. The van der Waals surface area contributed by atoms with E-state index in [4.69, 9.17) is 0 Å². The van der Waals surface area contributed by atoms with Gasteiger partial charge in [-0.05, 0) is 46.6 Å². The Kier molecular flexibility index (Phi) is 6.21. The number of unbranched alkanes of at least 4 members (excludes halogenated alkanes) is 1. The highest BCUT2D eigenvalue weighted by atomic mass is 31.1. The quantitative estimate of drug-likeness (QED) is 0.518. The first kappa shape index (κ1) is 16.9. The first-order valence-electron chi connectivity index (χ1n) is 8.83. The monoisotopic (exact) mass is 332 g/mol. The lowest BCUT2D eigenvalue weighted by Crippen LogP contribution is -2.09. The molecule has 0 nitrogen and oxygen atoms in total. The van der Waals surface area contributed by atoms with Crippen molar-refractivity contribution in [1.82, 2.24) is 0 Å². The van der Waals surface area contributed by atoms with Crippen molar-refractivity contribution in [3.05, 3.63) is 95.6 Å². The standard InChI is InChI=1S/C23H25P/c1-2-3-9-19-14-16-20(17-15-19)18-21-10-7-8-13-23(21)24-22-11-5-4-6-12-22/h4-8,10-17,24H,2-3,9,18H2,1H3. The van der Waals surface area contributed by atoms with Crippen LogP contribution in [-0.2, 0) is 12.8 Å². The number of benzene rings is 3. The average molecular weight is 332 g/mol. The number of hydrogen-bond donors (Lipinski definition) is 0. The molecule has 0 heterocycles. The maximum Gasteiger partial charge on any atom is -0.00194 e.